The number of rotatable bonds is 6. The second kappa shape index (κ2) is 5.70. The minimum absolute atomic E-state index is 0.289. The van der Waals surface area contributed by atoms with Gasteiger partial charge in [0.05, 0.1) is 6.54 Å². The molecule has 0 heterocycles. The van der Waals surface area contributed by atoms with Crippen LogP contribution in [0.5, 0.6) is 0 Å². The lowest BCUT2D eigenvalue weighted by molar-refractivity contribution is -0.146. The van der Waals surface area contributed by atoms with E-state index in [0.717, 1.165) is 12.8 Å². The van der Waals surface area contributed by atoms with Gasteiger partial charge in [0.25, 0.3) is 0 Å². The molecule has 0 fully saturated rings. The SMILES string of the molecule is CCCC(C)(N)CN(CC)CC(F)(F)F. The highest BCUT2D eigenvalue weighted by Gasteiger charge is 2.32. The van der Waals surface area contributed by atoms with Crippen LogP contribution in [0.1, 0.15) is 33.6 Å². The highest BCUT2D eigenvalue weighted by atomic mass is 19.4. The molecule has 2 N–H and O–H groups in total. The first kappa shape index (κ1) is 14.7. The van der Waals surface area contributed by atoms with Crippen LogP contribution in [-0.2, 0) is 0 Å². The second-order valence-electron chi connectivity index (χ2n) is 4.32. The zero-order valence-electron chi connectivity index (χ0n) is 9.69. The van der Waals surface area contributed by atoms with Crippen molar-refractivity contribution in [2.75, 3.05) is 19.6 Å². The van der Waals surface area contributed by atoms with Gasteiger partial charge in [-0.25, -0.2) is 0 Å². The maximum atomic E-state index is 12.2. The molecule has 0 aromatic carbocycles. The number of alkyl halides is 3. The molecule has 15 heavy (non-hydrogen) atoms. The maximum absolute atomic E-state index is 12.2. The van der Waals surface area contributed by atoms with Gasteiger partial charge in [-0.15, -0.1) is 0 Å². The number of hydrogen-bond donors (Lipinski definition) is 1. The summed E-state index contributed by atoms with van der Waals surface area (Å²) in [6, 6.07) is 0. The van der Waals surface area contributed by atoms with Crippen molar-refractivity contribution in [3.63, 3.8) is 0 Å². The van der Waals surface area contributed by atoms with Crippen LogP contribution < -0.4 is 5.73 Å². The van der Waals surface area contributed by atoms with Crippen LogP contribution in [0.15, 0.2) is 0 Å². The largest absolute Gasteiger partial charge is 0.401 e. The highest BCUT2D eigenvalue weighted by Crippen LogP contribution is 2.18. The van der Waals surface area contributed by atoms with E-state index in [-0.39, 0.29) is 6.54 Å². The topological polar surface area (TPSA) is 29.3 Å². The summed E-state index contributed by atoms with van der Waals surface area (Å²) >= 11 is 0. The van der Waals surface area contributed by atoms with Crippen LogP contribution in [-0.4, -0.2) is 36.2 Å². The average Bonchev–Trinajstić information content (AvgIpc) is 1.99. The summed E-state index contributed by atoms with van der Waals surface area (Å²) in [4.78, 5) is 1.34. The Kier molecular flexibility index (Phi) is 5.59. The third kappa shape index (κ3) is 7.62. The van der Waals surface area contributed by atoms with Gasteiger partial charge in [0.15, 0.2) is 0 Å². The summed E-state index contributed by atoms with van der Waals surface area (Å²) in [5.74, 6) is 0. The molecule has 0 aliphatic carbocycles. The zero-order valence-corrected chi connectivity index (χ0v) is 9.69. The summed E-state index contributed by atoms with van der Waals surface area (Å²) in [5.41, 5.74) is 5.38. The summed E-state index contributed by atoms with van der Waals surface area (Å²) < 4.78 is 36.5. The molecule has 0 rings (SSSR count). The lowest BCUT2D eigenvalue weighted by atomic mass is 9.97. The number of halogens is 3. The third-order valence-corrected chi connectivity index (χ3v) is 2.26. The van der Waals surface area contributed by atoms with Crippen molar-refractivity contribution in [1.82, 2.24) is 4.90 Å². The molecule has 0 aliphatic rings. The van der Waals surface area contributed by atoms with E-state index in [9.17, 15) is 13.2 Å². The predicted molar refractivity (Wildman–Crippen MR) is 55.7 cm³/mol. The molecule has 1 unspecified atom stereocenters. The lowest BCUT2D eigenvalue weighted by Crippen LogP contribution is -2.49. The molecule has 92 valence electrons. The first-order valence-electron chi connectivity index (χ1n) is 5.28. The zero-order chi connectivity index (χ0) is 12.1. The van der Waals surface area contributed by atoms with E-state index in [0.29, 0.717) is 6.54 Å². The maximum Gasteiger partial charge on any atom is 0.401 e. The van der Waals surface area contributed by atoms with Gasteiger partial charge in [0, 0.05) is 12.1 Å². The van der Waals surface area contributed by atoms with Crippen LogP contribution >= 0.6 is 0 Å². The van der Waals surface area contributed by atoms with Crippen molar-refractivity contribution in [3.05, 3.63) is 0 Å². The Hall–Kier alpha value is -0.290. The third-order valence-electron chi connectivity index (χ3n) is 2.26. The monoisotopic (exact) mass is 226 g/mol. The number of hydrogen-bond acceptors (Lipinski definition) is 2. The Morgan fingerprint density at radius 3 is 2.00 bits per heavy atom. The van der Waals surface area contributed by atoms with E-state index < -0.39 is 18.3 Å². The summed E-state index contributed by atoms with van der Waals surface area (Å²) in [6.07, 6.45) is -2.52. The van der Waals surface area contributed by atoms with Gasteiger partial charge >= 0.3 is 6.18 Å². The minimum Gasteiger partial charge on any atom is -0.324 e. The number of likely N-dealkylation sites (N-methyl/N-ethyl adjacent to an activating group) is 1. The highest BCUT2D eigenvalue weighted by molar-refractivity contribution is 4.82. The normalized spacial score (nSPS) is 16.8. The lowest BCUT2D eigenvalue weighted by Gasteiger charge is -2.32. The van der Waals surface area contributed by atoms with Gasteiger partial charge in [-0.1, -0.05) is 20.3 Å². The molecule has 0 aromatic heterocycles. The molecular weight excluding hydrogens is 205 g/mol. The van der Waals surface area contributed by atoms with E-state index in [2.05, 4.69) is 0 Å². The Morgan fingerprint density at radius 1 is 1.13 bits per heavy atom. The number of nitrogens with zero attached hydrogens (tertiary/aromatic N) is 1. The molecule has 0 saturated heterocycles. The Balaban J connectivity index is 4.20. The second-order valence-corrected chi connectivity index (χ2v) is 4.32. The van der Waals surface area contributed by atoms with Gasteiger partial charge in [-0.05, 0) is 19.9 Å². The van der Waals surface area contributed by atoms with Crippen molar-refractivity contribution in [2.45, 2.75) is 45.3 Å². The van der Waals surface area contributed by atoms with Crippen LogP contribution in [0, 0.1) is 0 Å². The first-order valence-corrected chi connectivity index (χ1v) is 5.28. The molecule has 0 aromatic rings. The van der Waals surface area contributed by atoms with Crippen molar-refractivity contribution in [2.24, 2.45) is 5.73 Å². The van der Waals surface area contributed by atoms with Gasteiger partial charge in [-0.3, -0.25) is 4.90 Å². The van der Waals surface area contributed by atoms with Crippen molar-refractivity contribution < 1.29 is 13.2 Å². The molecule has 0 aliphatic heterocycles. The van der Waals surface area contributed by atoms with Gasteiger partial charge < -0.3 is 5.73 Å². The van der Waals surface area contributed by atoms with Crippen molar-refractivity contribution in [1.29, 1.82) is 0 Å². The Morgan fingerprint density at radius 2 is 1.67 bits per heavy atom. The fraction of sp³-hybridized carbons (Fsp3) is 1.00. The molecule has 0 amide bonds. The molecular formula is C10H21F3N2. The average molecular weight is 226 g/mol. The van der Waals surface area contributed by atoms with Crippen LogP contribution in [0.3, 0.4) is 0 Å². The molecule has 0 radical (unpaired) electrons. The van der Waals surface area contributed by atoms with Crippen molar-refractivity contribution in [3.8, 4) is 0 Å². The quantitative estimate of drug-likeness (QED) is 0.753. The van der Waals surface area contributed by atoms with E-state index in [1.54, 1.807) is 13.8 Å². The summed E-state index contributed by atoms with van der Waals surface area (Å²) in [5, 5.41) is 0. The molecule has 2 nitrogen and oxygen atoms in total. The van der Waals surface area contributed by atoms with E-state index in [1.165, 1.54) is 4.90 Å². The molecule has 5 heteroatoms. The Bertz CT molecular complexity index is 178. The fourth-order valence-electron chi connectivity index (χ4n) is 1.69. The molecule has 0 saturated carbocycles. The van der Waals surface area contributed by atoms with Crippen molar-refractivity contribution >= 4 is 0 Å². The van der Waals surface area contributed by atoms with Gasteiger partial charge in [0.2, 0.25) is 0 Å². The van der Waals surface area contributed by atoms with Crippen LogP contribution in [0.2, 0.25) is 0 Å². The van der Waals surface area contributed by atoms with Gasteiger partial charge in [-0.2, -0.15) is 13.2 Å². The van der Waals surface area contributed by atoms with Crippen LogP contribution in [0.4, 0.5) is 13.2 Å². The standard InChI is InChI=1S/C10H21F3N2/c1-4-6-9(3,14)7-15(5-2)8-10(11,12)13/h4-8,14H2,1-3H3. The number of nitrogens with two attached hydrogens (primary N) is 1. The van der Waals surface area contributed by atoms with E-state index in [1.807, 2.05) is 6.92 Å². The smallest absolute Gasteiger partial charge is 0.324 e. The van der Waals surface area contributed by atoms with Gasteiger partial charge in [0.1, 0.15) is 0 Å². The minimum atomic E-state index is -4.14. The van der Waals surface area contributed by atoms with E-state index >= 15 is 0 Å². The molecule has 0 spiro atoms. The summed E-state index contributed by atoms with van der Waals surface area (Å²) in [6.45, 7) is 5.28. The predicted octanol–water partition coefficient (Wildman–Crippen LogP) is 2.39. The molecule has 0 bridgehead atoms. The van der Waals surface area contributed by atoms with Crippen LogP contribution in [0.25, 0.3) is 0 Å². The summed E-state index contributed by atoms with van der Waals surface area (Å²) in [7, 11) is 0. The molecule has 1 atom stereocenters. The van der Waals surface area contributed by atoms with E-state index in [4.69, 9.17) is 5.73 Å². The first-order chi connectivity index (χ1) is 6.70. The fourth-order valence-corrected chi connectivity index (χ4v) is 1.69. The Labute approximate surface area is 89.6 Å².